The van der Waals surface area contributed by atoms with Gasteiger partial charge >= 0.3 is 16.2 Å². The Morgan fingerprint density at radius 3 is 2.14 bits per heavy atom. The molecule has 0 saturated carbocycles. The van der Waals surface area contributed by atoms with E-state index in [-0.39, 0.29) is 11.5 Å². The lowest BCUT2D eigenvalue weighted by Gasteiger charge is -2.27. The molecule has 216 valence electrons. The van der Waals surface area contributed by atoms with Crippen LogP contribution in [0.4, 0.5) is 10.5 Å². The second-order valence-corrected chi connectivity index (χ2v) is 11.6. The average Bonchev–Trinajstić information content (AvgIpc) is 3.02. The molecule has 0 heterocycles. The van der Waals surface area contributed by atoms with Crippen LogP contribution in [-0.4, -0.2) is 27.3 Å². The lowest BCUT2D eigenvalue weighted by molar-refractivity contribution is 0.148. The number of amides is 1. The molecule has 0 N–H and O–H groups in total. The Morgan fingerprint density at radius 1 is 0.833 bits per heavy atom. The van der Waals surface area contributed by atoms with Gasteiger partial charge in [-0.3, -0.25) is 9.18 Å². The Labute approximate surface area is 246 Å². The normalized spacial score (nSPS) is 13.7. The van der Waals surface area contributed by atoms with E-state index in [1.165, 1.54) is 17.0 Å². The Kier molecular flexibility index (Phi) is 8.88. The standard InChI is InChI=1S/C33H32N2O6S/c1-24-16-18-27(19-17-24)42(37,38)41-34-30-15-9-14-29-28(30)20-21-31(39-22-25-10-5-3-6-11-25)32(29)35(2)33(36)40-23-26-12-7-4-8-13-26/h3-8,10-13,16-21H,9,14-15,22-23H2,1-2H3/b34-30+. The van der Waals surface area contributed by atoms with Gasteiger partial charge in [0.1, 0.15) is 23.9 Å². The number of aryl methyl sites for hydroxylation is 1. The van der Waals surface area contributed by atoms with Crippen molar-refractivity contribution in [2.24, 2.45) is 5.16 Å². The highest BCUT2D eigenvalue weighted by Crippen LogP contribution is 2.39. The summed E-state index contributed by atoms with van der Waals surface area (Å²) in [5.74, 6) is 0.506. The molecule has 0 aromatic heterocycles. The summed E-state index contributed by atoms with van der Waals surface area (Å²) in [6.07, 6.45) is 1.29. The number of benzene rings is 4. The van der Waals surface area contributed by atoms with E-state index in [9.17, 15) is 13.2 Å². The molecular formula is C33H32N2O6S. The summed E-state index contributed by atoms with van der Waals surface area (Å²) < 4.78 is 42.6. The van der Waals surface area contributed by atoms with E-state index in [4.69, 9.17) is 13.8 Å². The van der Waals surface area contributed by atoms with Crippen LogP contribution in [0.5, 0.6) is 5.75 Å². The molecule has 0 bridgehead atoms. The molecule has 4 aromatic carbocycles. The van der Waals surface area contributed by atoms with E-state index in [0.29, 0.717) is 48.6 Å². The van der Waals surface area contributed by atoms with Crippen LogP contribution in [0.1, 0.15) is 40.7 Å². The Hall–Kier alpha value is -4.63. The Balaban J connectivity index is 1.45. The van der Waals surface area contributed by atoms with Gasteiger partial charge in [0.15, 0.2) is 0 Å². The van der Waals surface area contributed by atoms with Crippen molar-refractivity contribution in [1.82, 2.24) is 0 Å². The molecular weight excluding hydrogens is 552 g/mol. The van der Waals surface area contributed by atoms with E-state index in [0.717, 1.165) is 22.3 Å². The average molecular weight is 585 g/mol. The first-order valence-corrected chi connectivity index (χ1v) is 15.1. The summed E-state index contributed by atoms with van der Waals surface area (Å²) in [6.45, 7) is 2.30. The zero-order chi connectivity index (χ0) is 29.5. The second kappa shape index (κ2) is 12.9. The van der Waals surface area contributed by atoms with Crippen molar-refractivity contribution in [2.75, 3.05) is 11.9 Å². The van der Waals surface area contributed by atoms with Crippen LogP contribution in [0, 0.1) is 6.92 Å². The molecule has 0 saturated heterocycles. The predicted octanol–water partition coefficient (Wildman–Crippen LogP) is 6.79. The van der Waals surface area contributed by atoms with Gasteiger partial charge < -0.3 is 9.47 Å². The number of hydrogen-bond donors (Lipinski definition) is 0. The number of hydrogen-bond acceptors (Lipinski definition) is 7. The van der Waals surface area contributed by atoms with Gasteiger partial charge in [-0.25, -0.2) is 4.79 Å². The summed E-state index contributed by atoms with van der Waals surface area (Å²) in [5.41, 5.74) is 5.32. The van der Waals surface area contributed by atoms with Crippen LogP contribution in [0.2, 0.25) is 0 Å². The molecule has 0 atom stereocenters. The third kappa shape index (κ3) is 6.80. The molecule has 9 heteroatoms. The fourth-order valence-electron chi connectivity index (χ4n) is 4.77. The number of oxime groups is 1. The highest BCUT2D eigenvalue weighted by atomic mass is 32.2. The molecule has 1 aliphatic carbocycles. The third-order valence-electron chi connectivity index (χ3n) is 7.00. The minimum absolute atomic E-state index is 0.0275. The molecule has 4 aromatic rings. The number of rotatable bonds is 9. The van der Waals surface area contributed by atoms with Crippen LogP contribution < -0.4 is 9.64 Å². The van der Waals surface area contributed by atoms with E-state index in [1.54, 1.807) is 25.2 Å². The first kappa shape index (κ1) is 28.9. The zero-order valence-corrected chi connectivity index (χ0v) is 24.3. The highest BCUT2D eigenvalue weighted by Gasteiger charge is 2.28. The van der Waals surface area contributed by atoms with E-state index in [2.05, 4.69) is 5.16 Å². The molecule has 0 radical (unpaired) electrons. The maximum absolute atomic E-state index is 13.3. The number of carbonyl (C=O) groups is 1. The van der Waals surface area contributed by atoms with Gasteiger partial charge in [-0.2, -0.15) is 8.42 Å². The molecule has 42 heavy (non-hydrogen) atoms. The fourth-order valence-corrected chi connectivity index (χ4v) is 5.51. The number of anilines is 1. The lowest BCUT2D eigenvalue weighted by atomic mass is 9.88. The quantitative estimate of drug-likeness (QED) is 0.201. The van der Waals surface area contributed by atoms with E-state index in [1.807, 2.05) is 73.7 Å². The molecule has 1 aliphatic rings. The van der Waals surface area contributed by atoms with Crippen LogP contribution in [0.15, 0.2) is 107 Å². The van der Waals surface area contributed by atoms with Crippen molar-refractivity contribution >= 4 is 27.6 Å². The van der Waals surface area contributed by atoms with Crippen molar-refractivity contribution in [1.29, 1.82) is 0 Å². The molecule has 8 nitrogen and oxygen atoms in total. The van der Waals surface area contributed by atoms with Crippen molar-refractivity contribution in [2.45, 2.75) is 44.3 Å². The van der Waals surface area contributed by atoms with Crippen molar-refractivity contribution in [3.8, 4) is 5.75 Å². The smallest absolute Gasteiger partial charge is 0.414 e. The largest absolute Gasteiger partial charge is 0.487 e. The van der Waals surface area contributed by atoms with Crippen molar-refractivity contribution in [3.05, 3.63) is 125 Å². The van der Waals surface area contributed by atoms with Gasteiger partial charge in [-0.15, -0.1) is 0 Å². The molecule has 0 unspecified atom stereocenters. The highest BCUT2D eigenvalue weighted by molar-refractivity contribution is 7.86. The van der Waals surface area contributed by atoms with Gasteiger partial charge in [0, 0.05) is 12.6 Å². The minimum Gasteiger partial charge on any atom is -0.487 e. The first-order chi connectivity index (χ1) is 20.3. The van der Waals surface area contributed by atoms with Crippen LogP contribution in [0.3, 0.4) is 0 Å². The van der Waals surface area contributed by atoms with Crippen LogP contribution in [0.25, 0.3) is 0 Å². The predicted molar refractivity (Wildman–Crippen MR) is 161 cm³/mol. The monoisotopic (exact) mass is 584 g/mol. The number of fused-ring (bicyclic) bond motifs is 1. The van der Waals surface area contributed by atoms with E-state index >= 15 is 0 Å². The molecule has 5 rings (SSSR count). The maximum atomic E-state index is 13.3. The van der Waals surface area contributed by atoms with Crippen LogP contribution in [-0.2, 0) is 38.8 Å². The SMILES string of the molecule is Cc1ccc(S(=O)(=O)O/N=C2\CCCc3c2ccc(OCc2ccccc2)c3N(C)C(=O)OCc2ccccc2)cc1. The van der Waals surface area contributed by atoms with Crippen LogP contribution >= 0.6 is 0 Å². The fraction of sp³-hybridized carbons (Fsp3) is 0.212. The van der Waals surface area contributed by atoms with Gasteiger partial charge in [-0.05, 0) is 67.1 Å². The summed E-state index contributed by atoms with van der Waals surface area (Å²) in [5, 5.41) is 4.09. The van der Waals surface area contributed by atoms with Gasteiger partial charge in [0.05, 0.1) is 11.4 Å². The molecule has 0 fully saturated rings. The maximum Gasteiger partial charge on any atom is 0.414 e. The van der Waals surface area contributed by atoms with Gasteiger partial charge in [-0.1, -0.05) is 83.5 Å². The number of carbonyl (C=O) groups excluding carboxylic acids is 1. The minimum atomic E-state index is -4.10. The summed E-state index contributed by atoms with van der Waals surface area (Å²) in [4.78, 5) is 14.7. The second-order valence-electron chi connectivity index (χ2n) is 10.0. The van der Waals surface area contributed by atoms with Crippen molar-refractivity contribution < 1.29 is 27.0 Å². The molecule has 0 spiro atoms. The first-order valence-electron chi connectivity index (χ1n) is 13.7. The number of nitrogens with zero attached hydrogens (tertiary/aromatic N) is 2. The molecule has 1 amide bonds. The summed E-state index contributed by atoms with van der Waals surface area (Å²) >= 11 is 0. The summed E-state index contributed by atoms with van der Waals surface area (Å²) in [7, 11) is -2.46. The number of ether oxygens (including phenoxy) is 2. The molecule has 0 aliphatic heterocycles. The Morgan fingerprint density at radius 2 is 1.48 bits per heavy atom. The topological polar surface area (TPSA) is 94.5 Å². The van der Waals surface area contributed by atoms with E-state index < -0.39 is 16.2 Å². The Bertz CT molecular complexity index is 1670. The third-order valence-corrected chi connectivity index (χ3v) is 8.12. The van der Waals surface area contributed by atoms with Gasteiger partial charge in [0.25, 0.3) is 0 Å². The lowest BCUT2D eigenvalue weighted by Crippen LogP contribution is -2.30. The van der Waals surface area contributed by atoms with Gasteiger partial charge in [0.2, 0.25) is 0 Å². The zero-order valence-electron chi connectivity index (χ0n) is 23.5. The van der Waals surface area contributed by atoms with Crippen molar-refractivity contribution in [3.63, 3.8) is 0 Å². The summed E-state index contributed by atoms with van der Waals surface area (Å²) in [6, 6.07) is 29.2.